The van der Waals surface area contributed by atoms with Gasteiger partial charge in [0.15, 0.2) is 5.69 Å². The highest BCUT2D eigenvalue weighted by Gasteiger charge is 2.25. The third-order valence-electron chi connectivity index (χ3n) is 4.74. The Bertz CT molecular complexity index is 996. The van der Waals surface area contributed by atoms with E-state index in [0.29, 0.717) is 31.7 Å². The molecule has 2 aromatic carbocycles. The van der Waals surface area contributed by atoms with Gasteiger partial charge in [-0.05, 0) is 36.4 Å². The first-order valence-electron chi connectivity index (χ1n) is 9.22. The Kier molecular flexibility index (Phi) is 5.24. The molecule has 148 valence electrons. The highest BCUT2D eigenvalue weighted by molar-refractivity contribution is 6.03. The SMILES string of the molecule is O=C(Nc1nc(C(=O)N2CCN(c3ccc(F)cc3)CC2)co1)c1ccccc1. The van der Waals surface area contributed by atoms with Crippen molar-refractivity contribution >= 4 is 23.5 Å². The van der Waals surface area contributed by atoms with Gasteiger partial charge in [-0.1, -0.05) is 18.2 Å². The second kappa shape index (κ2) is 8.14. The molecule has 0 bridgehead atoms. The molecule has 0 saturated carbocycles. The summed E-state index contributed by atoms with van der Waals surface area (Å²) in [5, 5.41) is 2.54. The van der Waals surface area contributed by atoms with E-state index in [1.807, 2.05) is 6.07 Å². The van der Waals surface area contributed by atoms with Gasteiger partial charge in [0, 0.05) is 37.4 Å². The van der Waals surface area contributed by atoms with Crippen molar-refractivity contribution < 1.29 is 18.4 Å². The first kappa shape index (κ1) is 18.7. The zero-order valence-corrected chi connectivity index (χ0v) is 15.5. The lowest BCUT2D eigenvalue weighted by molar-refractivity contribution is 0.0740. The molecule has 2 heterocycles. The number of nitrogens with zero attached hydrogens (tertiary/aromatic N) is 3. The summed E-state index contributed by atoms with van der Waals surface area (Å²) in [6, 6.07) is 15.0. The van der Waals surface area contributed by atoms with Crippen molar-refractivity contribution in [1.29, 1.82) is 0 Å². The van der Waals surface area contributed by atoms with Crippen LogP contribution in [0.5, 0.6) is 0 Å². The lowest BCUT2D eigenvalue weighted by atomic mass is 10.2. The number of oxazole rings is 1. The summed E-state index contributed by atoms with van der Waals surface area (Å²) in [6.07, 6.45) is 1.25. The van der Waals surface area contributed by atoms with Crippen LogP contribution < -0.4 is 10.2 Å². The minimum absolute atomic E-state index is 0.0212. The molecule has 1 aliphatic rings. The number of benzene rings is 2. The van der Waals surface area contributed by atoms with Crippen molar-refractivity contribution in [2.75, 3.05) is 36.4 Å². The fourth-order valence-electron chi connectivity index (χ4n) is 3.17. The first-order chi connectivity index (χ1) is 14.1. The van der Waals surface area contributed by atoms with Gasteiger partial charge in [-0.3, -0.25) is 14.9 Å². The monoisotopic (exact) mass is 394 g/mol. The maximum Gasteiger partial charge on any atom is 0.302 e. The Labute approximate surface area is 166 Å². The minimum atomic E-state index is -0.362. The molecule has 1 saturated heterocycles. The smallest absolute Gasteiger partial charge is 0.302 e. The third-order valence-corrected chi connectivity index (χ3v) is 4.74. The number of carbonyl (C=O) groups is 2. The van der Waals surface area contributed by atoms with Crippen LogP contribution in [-0.2, 0) is 0 Å². The molecular formula is C21H19FN4O3. The van der Waals surface area contributed by atoms with Crippen LogP contribution in [-0.4, -0.2) is 47.9 Å². The molecule has 1 aromatic heterocycles. The maximum absolute atomic E-state index is 13.1. The van der Waals surface area contributed by atoms with Crippen LogP contribution in [0.4, 0.5) is 16.1 Å². The summed E-state index contributed by atoms with van der Waals surface area (Å²) in [5.74, 6) is -0.893. The number of aromatic nitrogens is 1. The first-order valence-corrected chi connectivity index (χ1v) is 9.22. The number of hydrogen-bond donors (Lipinski definition) is 1. The maximum atomic E-state index is 13.1. The molecule has 0 unspecified atom stereocenters. The Hall–Kier alpha value is -3.68. The van der Waals surface area contributed by atoms with E-state index in [2.05, 4.69) is 15.2 Å². The molecule has 0 radical (unpaired) electrons. The van der Waals surface area contributed by atoms with Gasteiger partial charge in [-0.25, -0.2) is 4.39 Å². The van der Waals surface area contributed by atoms with Crippen LogP contribution in [0.25, 0.3) is 0 Å². The molecule has 8 heteroatoms. The predicted molar refractivity (Wildman–Crippen MR) is 105 cm³/mol. The topological polar surface area (TPSA) is 78.7 Å². The Balaban J connectivity index is 1.35. The van der Waals surface area contributed by atoms with Crippen LogP contribution in [0.2, 0.25) is 0 Å². The number of hydrogen-bond acceptors (Lipinski definition) is 5. The summed E-state index contributed by atoms with van der Waals surface area (Å²) in [7, 11) is 0. The van der Waals surface area contributed by atoms with Crippen molar-refractivity contribution in [3.8, 4) is 0 Å². The molecule has 29 heavy (non-hydrogen) atoms. The van der Waals surface area contributed by atoms with Gasteiger partial charge in [0.1, 0.15) is 12.1 Å². The number of carbonyl (C=O) groups excluding carboxylic acids is 2. The van der Waals surface area contributed by atoms with Crippen molar-refractivity contribution in [3.05, 3.63) is 77.9 Å². The van der Waals surface area contributed by atoms with Crippen molar-refractivity contribution in [1.82, 2.24) is 9.88 Å². The van der Waals surface area contributed by atoms with Gasteiger partial charge >= 0.3 is 6.01 Å². The Morgan fingerprint density at radius 2 is 1.66 bits per heavy atom. The standard InChI is InChI=1S/C21H19FN4O3/c22-16-6-8-17(9-7-16)25-10-12-26(13-11-25)20(28)18-14-29-21(23-18)24-19(27)15-4-2-1-3-5-15/h1-9,14H,10-13H2,(H,23,24,27). The van der Waals surface area contributed by atoms with Crippen LogP contribution in [0.3, 0.4) is 0 Å². The van der Waals surface area contributed by atoms with E-state index in [-0.39, 0.29) is 29.3 Å². The second-order valence-corrected chi connectivity index (χ2v) is 6.61. The van der Waals surface area contributed by atoms with Crippen LogP contribution in [0, 0.1) is 5.82 Å². The molecule has 7 nitrogen and oxygen atoms in total. The minimum Gasteiger partial charge on any atom is -0.431 e. The van der Waals surface area contributed by atoms with Gasteiger partial charge in [0.2, 0.25) is 0 Å². The molecule has 2 amide bonds. The molecule has 1 fully saturated rings. The Morgan fingerprint density at radius 1 is 0.966 bits per heavy atom. The number of amides is 2. The largest absolute Gasteiger partial charge is 0.431 e. The van der Waals surface area contributed by atoms with E-state index >= 15 is 0 Å². The second-order valence-electron chi connectivity index (χ2n) is 6.61. The van der Waals surface area contributed by atoms with E-state index in [1.165, 1.54) is 18.4 Å². The predicted octanol–water partition coefficient (Wildman–Crippen LogP) is 3.03. The summed E-state index contributed by atoms with van der Waals surface area (Å²) in [4.78, 5) is 32.7. The van der Waals surface area contributed by atoms with Crippen LogP contribution >= 0.6 is 0 Å². The van der Waals surface area contributed by atoms with Crippen LogP contribution in [0.15, 0.2) is 65.3 Å². The normalized spacial score (nSPS) is 14.0. The summed E-state index contributed by atoms with van der Waals surface area (Å²) in [5.41, 5.74) is 1.53. The molecule has 0 atom stereocenters. The average molecular weight is 394 g/mol. The number of piperazine rings is 1. The zero-order chi connectivity index (χ0) is 20.2. The average Bonchev–Trinajstić information content (AvgIpc) is 3.23. The molecule has 3 aromatic rings. The lowest BCUT2D eigenvalue weighted by Gasteiger charge is -2.35. The number of halogens is 1. The van der Waals surface area contributed by atoms with E-state index < -0.39 is 0 Å². The molecule has 1 N–H and O–H groups in total. The van der Waals surface area contributed by atoms with Gasteiger partial charge in [0.05, 0.1) is 0 Å². The summed E-state index contributed by atoms with van der Waals surface area (Å²) < 4.78 is 18.3. The van der Waals surface area contributed by atoms with Crippen molar-refractivity contribution in [2.24, 2.45) is 0 Å². The van der Waals surface area contributed by atoms with E-state index in [1.54, 1.807) is 41.3 Å². The van der Waals surface area contributed by atoms with Gasteiger partial charge < -0.3 is 14.2 Å². The van der Waals surface area contributed by atoms with E-state index in [0.717, 1.165) is 5.69 Å². The highest BCUT2D eigenvalue weighted by Crippen LogP contribution is 2.18. The number of anilines is 2. The molecular weight excluding hydrogens is 375 g/mol. The Morgan fingerprint density at radius 3 is 2.34 bits per heavy atom. The molecule has 4 rings (SSSR count). The molecule has 1 aliphatic heterocycles. The summed E-state index contributed by atoms with van der Waals surface area (Å²) in [6.45, 7) is 2.28. The van der Waals surface area contributed by atoms with Crippen molar-refractivity contribution in [2.45, 2.75) is 0 Å². The third kappa shape index (κ3) is 4.26. The van der Waals surface area contributed by atoms with E-state index in [4.69, 9.17) is 4.42 Å². The highest BCUT2D eigenvalue weighted by atomic mass is 19.1. The zero-order valence-electron chi connectivity index (χ0n) is 15.5. The summed E-state index contributed by atoms with van der Waals surface area (Å²) >= 11 is 0. The number of nitrogens with one attached hydrogen (secondary N) is 1. The number of rotatable bonds is 4. The van der Waals surface area contributed by atoms with Gasteiger partial charge in [-0.2, -0.15) is 4.98 Å². The van der Waals surface area contributed by atoms with Gasteiger partial charge in [0.25, 0.3) is 11.8 Å². The fourth-order valence-corrected chi connectivity index (χ4v) is 3.17. The van der Waals surface area contributed by atoms with Crippen molar-refractivity contribution in [3.63, 3.8) is 0 Å². The lowest BCUT2D eigenvalue weighted by Crippen LogP contribution is -2.48. The van der Waals surface area contributed by atoms with E-state index in [9.17, 15) is 14.0 Å². The fraction of sp³-hybridized carbons (Fsp3) is 0.190. The molecule has 0 spiro atoms. The van der Waals surface area contributed by atoms with Crippen LogP contribution in [0.1, 0.15) is 20.8 Å². The van der Waals surface area contributed by atoms with Gasteiger partial charge in [-0.15, -0.1) is 0 Å². The quantitative estimate of drug-likeness (QED) is 0.736. The molecule has 0 aliphatic carbocycles.